The van der Waals surface area contributed by atoms with E-state index in [4.69, 9.17) is 5.84 Å². The van der Waals surface area contributed by atoms with Crippen molar-refractivity contribution in [1.29, 1.82) is 0 Å². The number of aromatic nitrogens is 1. The number of anilines is 1. The van der Waals surface area contributed by atoms with Crippen LogP contribution in [-0.4, -0.2) is 29.4 Å². The van der Waals surface area contributed by atoms with E-state index in [1.807, 2.05) is 11.8 Å². The van der Waals surface area contributed by atoms with Crippen molar-refractivity contribution in [1.82, 2.24) is 10.3 Å². The van der Waals surface area contributed by atoms with Crippen LogP contribution < -0.4 is 16.6 Å². The van der Waals surface area contributed by atoms with E-state index < -0.39 is 0 Å². The zero-order valence-corrected chi connectivity index (χ0v) is 10.7. The lowest BCUT2D eigenvalue weighted by molar-refractivity contribution is 0.0948. The molecule has 0 unspecified atom stereocenters. The summed E-state index contributed by atoms with van der Waals surface area (Å²) in [5.74, 6) is 6.23. The fourth-order valence-corrected chi connectivity index (χ4v) is 1.80. The van der Waals surface area contributed by atoms with Gasteiger partial charge in [0.25, 0.3) is 5.91 Å². The first-order chi connectivity index (χ1) is 8.27. The molecule has 1 rings (SSSR count). The number of hydrogen-bond donors (Lipinski definition) is 3. The van der Waals surface area contributed by atoms with Crippen LogP contribution in [-0.2, 0) is 0 Å². The molecule has 0 aliphatic carbocycles. The number of pyridine rings is 1. The first kappa shape index (κ1) is 13.8. The summed E-state index contributed by atoms with van der Waals surface area (Å²) < 4.78 is 0. The number of unbranched alkanes of at least 4 members (excludes halogenated alkanes) is 1. The topological polar surface area (TPSA) is 80.0 Å². The molecule has 0 aliphatic rings. The largest absolute Gasteiger partial charge is 0.351 e. The molecule has 0 bridgehead atoms. The zero-order valence-electron chi connectivity index (χ0n) is 9.90. The van der Waals surface area contributed by atoms with Crippen molar-refractivity contribution in [3.8, 4) is 0 Å². The highest BCUT2D eigenvalue weighted by Crippen LogP contribution is 2.05. The van der Waals surface area contributed by atoms with Gasteiger partial charge in [0, 0.05) is 12.7 Å². The van der Waals surface area contributed by atoms with Gasteiger partial charge in [-0.15, -0.1) is 0 Å². The van der Waals surface area contributed by atoms with Crippen molar-refractivity contribution in [2.45, 2.75) is 12.8 Å². The lowest BCUT2D eigenvalue weighted by Gasteiger charge is -2.05. The van der Waals surface area contributed by atoms with E-state index in [2.05, 4.69) is 22.0 Å². The number of nitrogens with two attached hydrogens (primary N) is 1. The Morgan fingerprint density at radius 3 is 3.06 bits per heavy atom. The number of nitrogen functional groups attached to an aromatic ring is 1. The lowest BCUT2D eigenvalue weighted by Crippen LogP contribution is -2.25. The molecule has 1 aromatic rings. The van der Waals surface area contributed by atoms with Gasteiger partial charge in [0.05, 0.1) is 5.69 Å². The molecule has 0 aliphatic heterocycles. The van der Waals surface area contributed by atoms with Gasteiger partial charge in [-0.1, -0.05) is 0 Å². The van der Waals surface area contributed by atoms with Crippen molar-refractivity contribution >= 4 is 23.4 Å². The third kappa shape index (κ3) is 5.06. The van der Waals surface area contributed by atoms with E-state index in [1.165, 1.54) is 0 Å². The van der Waals surface area contributed by atoms with Gasteiger partial charge in [-0.2, -0.15) is 11.8 Å². The molecule has 1 aromatic heterocycles. The maximum atomic E-state index is 11.7. The highest BCUT2D eigenvalue weighted by molar-refractivity contribution is 7.98. The van der Waals surface area contributed by atoms with Crippen LogP contribution in [0, 0.1) is 0 Å². The zero-order chi connectivity index (χ0) is 12.5. The molecular formula is C11H18N4OS. The van der Waals surface area contributed by atoms with Crippen molar-refractivity contribution in [3.05, 3.63) is 24.0 Å². The number of carbonyl (C=O) groups excluding carboxylic acids is 1. The Kier molecular flexibility index (Phi) is 6.42. The average Bonchev–Trinajstić information content (AvgIpc) is 2.38. The summed E-state index contributed by atoms with van der Waals surface area (Å²) in [7, 11) is 0. The average molecular weight is 254 g/mol. The number of hydrazine groups is 1. The first-order valence-electron chi connectivity index (χ1n) is 5.47. The van der Waals surface area contributed by atoms with Crippen LogP contribution >= 0.6 is 11.8 Å². The van der Waals surface area contributed by atoms with Gasteiger partial charge in [0.2, 0.25) is 0 Å². The van der Waals surface area contributed by atoms with Crippen molar-refractivity contribution in [2.75, 3.05) is 24.0 Å². The molecule has 0 fully saturated rings. The molecule has 0 saturated carbocycles. The number of carbonyl (C=O) groups is 1. The number of nitrogens with zero attached hydrogens (tertiary/aromatic N) is 1. The Balaban J connectivity index is 2.36. The van der Waals surface area contributed by atoms with E-state index in [1.54, 1.807) is 18.3 Å². The molecule has 17 heavy (non-hydrogen) atoms. The minimum absolute atomic E-state index is 0.161. The molecule has 4 N–H and O–H groups in total. The lowest BCUT2D eigenvalue weighted by atomic mass is 10.3. The summed E-state index contributed by atoms with van der Waals surface area (Å²) in [6, 6.07) is 3.33. The first-order valence-corrected chi connectivity index (χ1v) is 6.87. The van der Waals surface area contributed by atoms with E-state index in [0.29, 0.717) is 17.9 Å². The minimum atomic E-state index is -0.161. The number of hydrogen-bond acceptors (Lipinski definition) is 5. The van der Waals surface area contributed by atoms with Crippen LogP contribution in [0.2, 0.25) is 0 Å². The second-order valence-corrected chi connectivity index (χ2v) is 4.52. The third-order valence-electron chi connectivity index (χ3n) is 2.22. The van der Waals surface area contributed by atoms with E-state index >= 15 is 0 Å². The van der Waals surface area contributed by atoms with Gasteiger partial charge in [0.1, 0.15) is 5.69 Å². The Morgan fingerprint density at radius 1 is 1.53 bits per heavy atom. The molecule has 1 amide bonds. The monoisotopic (exact) mass is 254 g/mol. The van der Waals surface area contributed by atoms with Gasteiger partial charge < -0.3 is 10.7 Å². The second kappa shape index (κ2) is 7.92. The SMILES string of the molecule is CSCCCCNC(=O)c1cc(NN)ccn1. The summed E-state index contributed by atoms with van der Waals surface area (Å²) in [6.07, 6.45) is 5.73. The van der Waals surface area contributed by atoms with Gasteiger partial charge >= 0.3 is 0 Å². The van der Waals surface area contributed by atoms with Crippen LogP contribution in [0.3, 0.4) is 0 Å². The molecule has 0 atom stereocenters. The molecular weight excluding hydrogens is 236 g/mol. The minimum Gasteiger partial charge on any atom is -0.351 e. The quantitative estimate of drug-likeness (QED) is 0.387. The van der Waals surface area contributed by atoms with Gasteiger partial charge in [-0.3, -0.25) is 15.6 Å². The predicted octanol–water partition coefficient (Wildman–Crippen LogP) is 1.24. The van der Waals surface area contributed by atoms with Crippen LogP contribution in [0.4, 0.5) is 5.69 Å². The Labute approximate surface area is 106 Å². The molecule has 5 nitrogen and oxygen atoms in total. The molecule has 0 radical (unpaired) electrons. The summed E-state index contributed by atoms with van der Waals surface area (Å²) in [5.41, 5.74) is 3.54. The third-order valence-corrected chi connectivity index (χ3v) is 2.92. The van der Waals surface area contributed by atoms with Crippen molar-refractivity contribution in [2.24, 2.45) is 5.84 Å². The molecule has 6 heteroatoms. The number of thioether (sulfide) groups is 1. The number of rotatable bonds is 7. The molecule has 0 aromatic carbocycles. The summed E-state index contributed by atoms with van der Waals surface area (Å²) >= 11 is 1.81. The van der Waals surface area contributed by atoms with Crippen LogP contribution in [0.15, 0.2) is 18.3 Å². The van der Waals surface area contributed by atoms with Crippen molar-refractivity contribution < 1.29 is 4.79 Å². The normalized spacial score (nSPS) is 10.0. The van der Waals surface area contributed by atoms with E-state index in [0.717, 1.165) is 18.6 Å². The fraction of sp³-hybridized carbons (Fsp3) is 0.455. The van der Waals surface area contributed by atoms with E-state index in [-0.39, 0.29) is 5.91 Å². The Hall–Kier alpha value is -1.27. The predicted molar refractivity (Wildman–Crippen MR) is 72.0 cm³/mol. The maximum absolute atomic E-state index is 11.7. The van der Waals surface area contributed by atoms with Gasteiger partial charge in [-0.05, 0) is 37.0 Å². The highest BCUT2D eigenvalue weighted by Gasteiger charge is 2.06. The van der Waals surface area contributed by atoms with Crippen molar-refractivity contribution in [3.63, 3.8) is 0 Å². The summed E-state index contributed by atoms with van der Waals surface area (Å²) in [5, 5.41) is 2.83. The van der Waals surface area contributed by atoms with E-state index in [9.17, 15) is 4.79 Å². The molecule has 1 heterocycles. The van der Waals surface area contributed by atoms with Crippen LogP contribution in [0.1, 0.15) is 23.3 Å². The molecule has 94 valence electrons. The van der Waals surface area contributed by atoms with Crippen LogP contribution in [0.25, 0.3) is 0 Å². The number of amides is 1. The number of nitrogens with one attached hydrogen (secondary N) is 2. The standard InChI is InChI=1S/C11H18N4OS/c1-17-7-3-2-5-14-11(16)10-8-9(15-12)4-6-13-10/h4,6,8H,2-3,5,7,12H2,1H3,(H,13,15)(H,14,16). The summed E-state index contributed by atoms with van der Waals surface area (Å²) in [4.78, 5) is 15.7. The Morgan fingerprint density at radius 2 is 2.35 bits per heavy atom. The summed E-state index contributed by atoms with van der Waals surface area (Å²) in [6.45, 7) is 0.682. The van der Waals surface area contributed by atoms with Crippen LogP contribution in [0.5, 0.6) is 0 Å². The molecule has 0 spiro atoms. The maximum Gasteiger partial charge on any atom is 0.269 e. The smallest absolute Gasteiger partial charge is 0.269 e. The fourth-order valence-electron chi connectivity index (χ4n) is 1.31. The second-order valence-electron chi connectivity index (χ2n) is 3.53. The van der Waals surface area contributed by atoms with Gasteiger partial charge in [-0.25, -0.2) is 0 Å². The molecule has 0 saturated heterocycles. The Bertz CT molecular complexity index is 359. The highest BCUT2D eigenvalue weighted by atomic mass is 32.2. The van der Waals surface area contributed by atoms with Gasteiger partial charge in [0.15, 0.2) is 0 Å².